The van der Waals surface area contributed by atoms with E-state index < -0.39 is 0 Å². The predicted molar refractivity (Wildman–Crippen MR) is 85.6 cm³/mol. The van der Waals surface area contributed by atoms with E-state index in [2.05, 4.69) is 39.7 Å². The van der Waals surface area contributed by atoms with Crippen molar-refractivity contribution >= 4 is 26.9 Å². The molecule has 3 aromatic rings. The third-order valence-corrected chi connectivity index (χ3v) is 4.05. The Morgan fingerprint density at radius 2 is 2.10 bits per heavy atom. The van der Waals surface area contributed by atoms with E-state index in [0.29, 0.717) is 17.4 Å². The van der Waals surface area contributed by atoms with Crippen LogP contribution < -0.4 is 4.74 Å². The molecule has 0 spiro atoms. The maximum Gasteiger partial charge on any atom is 0.258 e. The molecule has 0 saturated carbocycles. The summed E-state index contributed by atoms with van der Waals surface area (Å²) >= 11 is 3.50. The van der Waals surface area contributed by atoms with E-state index in [9.17, 15) is 0 Å². The van der Waals surface area contributed by atoms with E-state index in [4.69, 9.17) is 9.15 Å². The molecular weight excluding hydrogens is 332 g/mol. The molecule has 0 bridgehead atoms. The molecule has 0 radical (unpaired) electrons. The van der Waals surface area contributed by atoms with Crippen LogP contribution in [0.3, 0.4) is 0 Å². The number of halogens is 1. The number of fused-ring (bicyclic) bond motifs is 1. The van der Waals surface area contributed by atoms with Crippen molar-refractivity contribution in [3.05, 3.63) is 40.8 Å². The smallest absolute Gasteiger partial charge is 0.258 e. The average Bonchev–Trinajstić information content (AvgIpc) is 2.93. The highest BCUT2D eigenvalue weighted by molar-refractivity contribution is 9.10. The van der Waals surface area contributed by atoms with E-state index in [1.165, 1.54) is 5.56 Å². The van der Waals surface area contributed by atoms with E-state index in [0.717, 1.165) is 21.2 Å². The van der Waals surface area contributed by atoms with Gasteiger partial charge in [-0.1, -0.05) is 13.8 Å². The lowest BCUT2D eigenvalue weighted by atomic mass is 9.98. The first-order chi connectivity index (χ1) is 10.1. The first-order valence-corrected chi connectivity index (χ1v) is 7.47. The Morgan fingerprint density at radius 3 is 2.81 bits per heavy atom. The second-order valence-corrected chi connectivity index (χ2v) is 5.94. The molecule has 3 rings (SSSR count). The topological polar surface area (TPSA) is 48.2 Å². The summed E-state index contributed by atoms with van der Waals surface area (Å²) < 4.78 is 12.1. The number of furan rings is 1. The Bertz CT molecular complexity index is 796. The van der Waals surface area contributed by atoms with Crippen molar-refractivity contribution in [3.8, 4) is 17.2 Å². The minimum atomic E-state index is 0.389. The Kier molecular flexibility index (Phi) is 3.68. The van der Waals surface area contributed by atoms with Gasteiger partial charge in [0.2, 0.25) is 0 Å². The molecule has 0 aliphatic heterocycles. The molecule has 0 aliphatic carbocycles. The van der Waals surface area contributed by atoms with Crippen molar-refractivity contribution in [2.24, 2.45) is 0 Å². The van der Waals surface area contributed by atoms with E-state index in [-0.39, 0.29) is 0 Å². The van der Waals surface area contributed by atoms with Gasteiger partial charge in [-0.25, -0.2) is 4.98 Å². The van der Waals surface area contributed by atoms with E-state index in [1.54, 1.807) is 19.5 Å². The average molecular weight is 347 g/mol. The van der Waals surface area contributed by atoms with Gasteiger partial charge in [-0.3, -0.25) is 4.98 Å². The largest absolute Gasteiger partial charge is 0.478 e. The number of aromatic nitrogens is 2. The van der Waals surface area contributed by atoms with Gasteiger partial charge in [-0.2, -0.15) is 0 Å². The zero-order valence-electron chi connectivity index (χ0n) is 12.1. The molecule has 0 amide bonds. The molecule has 3 aromatic heterocycles. The summed E-state index contributed by atoms with van der Waals surface area (Å²) in [6, 6.07) is 4.02. The third kappa shape index (κ3) is 2.42. The highest BCUT2D eigenvalue weighted by Gasteiger charge is 2.17. The summed E-state index contributed by atoms with van der Waals surface area (Å²) in [6.45, 7) is 4.30. The molecule has 3 heterocycles. The van der Waals surface area contributed by atoms with Crippen molar-refractivity contribution in [3.63, 3.8) is 0 Å². The van der Waals surface area contributed by atoms with Crippen molar-refractivity contribution < 1.29 is 9.15 Å². The Labute approximate surface area is 131 Å². The zero-order chi connectivity index (χ0) is 15.0. The number of nitrogens with zero attached hydrogens (tertiary/aromatic N) is 2. The SMILES string of the molecule is COc1ncc(Br)c2cc(-c3cnccc3C(C)C)oc12. The van der Waals surface area contributed by atoms with Crippen LogP contribution in [0.4, 0.5) is 0 Å². The normalized spacial score (nSPS) is 11.3. The number of pyridine rings is 2. The van der Waals surface area contributed by atoms with Crippen molar-refractivity contribution in [2.45, 2.75) is 19.8 Å². The molecule has 21 heavy (non-hydrogen) atoms. The molecule has 0 aromatic carbocycles. The van der Waals surface area contributed by atoms with Gasteiger partial charge in [0.15, 0.2) is 5.58 Å². The van der Waals surface area contributed by atoms with E-state index >= 15 is 0 Å². The first kappa shape index (κ1) is 14.1. The van der Waals surface area contributed by atoms with Gasteiger partial charge in [0.1, 0.15) is 5.76 Å². The van der Waals surface area contributed by atoms with Crippen LogP contribution in [0.1, 0.15) is 25.3 Å². The summed E-state index contributed by atoms with van der Waals surface area (Å²) in [5.41, 5.74) is 2.84. The van der Waals surface area contributed by atoms with Gasteiger partial charge >= 0.3 is 0 Å². The number of methoxy groups -OCH3 is 1. The monoisotopic (exact) mass is 346 g/mol. The second-order valence-electron chi connectivity index (χ2n) is 5.09. The summed E-state index contributed by atoms with van der Waals surface area (Å²) in [5.74, 6) is 1.64. The standard InChI is InChI=1S/C16H15BrN2O2/c1-9(2)10-4-5-18-7-12(10)14-6-11-13(17)8-19-16(20-3)15(11)21-14/h4-9H,1-3H3. The van der Waals surface area contributed by atoms with Crippen molar-refractivity contribution in [1.29, 1.82) is 0 Å². The molecule has 0 fully saturated rings. The molecule has 108 valence electrons. The van der Waals surface area contributed by atoms with Gasteiger partial charge in [-0.05, 0) is 39.5 Å². The van der Waals surface area contributed by atoms with Gasteiger partial charge in [0, 0.05) is 34.0 Å². The minimum Gasteiger partial charge on any atom is -0.478 e. The van der Waals surface area contributed by atoms with Crippen molar-refractivity contribution in [1.82, 2.24) is 9.97 Å². The predicted octanol–water partition coefficient (Wildman–Crippen LogP) is 4.78. The fraction of sp³-hybridized carbons (Fsp3) is 0.250. The quantitative estimate of drug-likeness (QED) is 0.684. The fourth-order valence-corrected chi connectivity index (χ4v) is 2.76. The van der Waals surface area contributed by atoms with Crippen LogP contribution in [0.2, 0.25) is 0 Å². The van der Waals surface area contributed by atoms with Crippen LogP contribution in [0.5, 0.6) is 5.88 Å². The molecule has 0 unspecified atom stereocenters. The molecule has 0 saturated heterocycles. The molecule has 5 heteroatoms. The fourth-order valence-electron chi connectivity index (χ4n) is 2.36. The summed E-state index contributed by atoms with van der Waals surface area (Å²) in [5, 5.41) is 0.940. The molecule has 0 atom stereocenters. The summed E-state index contributed by atoms with van der Waals surface area (Å²) in [4.78, 5) is 8.43. The number of ether oxygens (including phenoxy) is 1. The van der Waals surface area contributed by atoms with Crippen LogP contribution in [-0.4, -0.2) is 17.1 Å². The molecular formula is C16H15BrN2O2. The first-order valence-electron chi connectivity index (χ1n) is 6.68. The Balaban J connectivity index is 2.25. The summed E-state index contributed by atoms with van der Waals surface area (Å²) in [6.07, 6.45) is 5.35. The molecule has 0 N–H and O–H groups in total. The van der Waals surface area contributed by atoms with Gasteiger partial charge in [-0.15, -0.1) is 0 Å². The number of hydrogen-bond donors (Lipinski definition) is 0. The maximum absolute atomic E-state index is 5.99. The lowest BCUT2D eigenvalue weighted by Crippen LogP contribution is -1.92. The summed E-state index contributed by atoms with van der Waals surface area (Å²) in [7, 11) is 1.58. The third-order valence-electron chi connectivity index (χ3n) is 3.41. The molecule has 4 nitrogen and oxygen atoms in total. The Morgan fingerprint density at radius 1 is 1.29 bits per heavy atom. The van der Waals surface area contributed by atoms with Crippen LogP contribution in [0.15, 0.2) is 39.6 Å². The van der Waals surface area contributed by atoms with Crippen molar-refractivity contribution in [2.75, 3.05) is 7.11 Å². The number of hydrogen-bond acceptors (Lipinski definition) is 4. The number of rotatable bonds is 3. The van der Waals surface area contributed by atoms with Gasteiger partial charge in [0.25, 0.3) is 5.88 Å². The van der Waals surface area contributed by atoms with Gasteiger partial charge in [0.05, 0.1) is 7.11 Å². The van der Waals surface area contributed by atoms with Gasteiger partial charge < -0.3 is 9.15 Å². The second kappa shape index (κ2) is 5.48. The van der Waals surface area contributed by atoms with Crippen LogP contribution in [0.25, 0.3) is 22.3 Å². The van der Waals surface area contributed by atoms with E-state index in [1.807, 2.05) is 18.3 Å². The lowest BCUT2D eigenvalue weighted by molar-refractivity contribution is 0.394. The Hall–Kier alpha value is -1.88. The highest BCUT2D eigenvalue weighted by atomic mass is 79.9. The highest BCUT2D eigenvalue weighted by Crippen LogP contribution is 2.38. The van der Waals surface area contributed by atoms with Crippen LogP contribution in [-0.2, 0) is 0 Å². The maximum atomic E-state index is 5.99. The van der Waals surface area contributed by atoms with Crippen LogP contribution >= 0.6 is 15.9 Å². The zero-order valence-corrected chi connectivity index (χ0v) is 13.6. The van der Waals surface area contributed by atoms with Crippen LogP contribution in [0, 0.1) is 0 Å². The minimum absolute atomic E-state index is 0.389. The lowest BCUT2D eigenvalue weighted by Gasteiger charge is -2.09. The molecule has 0 aliphatic rings.